The van der Waals surface area contributed by atoms with Crippen molar-refractivity contribution in [3.63, 3.8) is 0 Å². The summed E-state index contributed by atoms with van der Waals surface area (Å²) in [5.74, 6) is -0.151. The quantitative estimate of drug-likeness (QED) is 0.752. The van der Waals surface area contributed by atoms with Crippen LogP contribution in [0.15, 0.2) is 29.1 Å². The highest BCUT2D eigenvalue weighted by Gasteiger charge is 2.13. The molecule has 0 bridgehead atoms. The zero-order chi connectivity index (χ0) is 17.3. The maximum atomic E-state index is 12.3. The summed E-state index contributed by atoms with van der Waals surface area (Å²) in [6.45, 7) is 4.32. The first-order valence-electron chi connectivity index (χ1n) is 7.69. The lowest BCUT2D eigenvalue weighted by atomic mass is 10.1. The number of rotatable bonds is 4. The molecule has 1 amide bonds. The van der Waals surface area contributed by atoms with E-state index in [-0.39, 0.29) is 17.9 Å². The summed E-state index contributed by atoms with van der Waals surface area (Å²) in [7, 11) is 1.88. The second kappa shape index (κ2) is 6.27. The van der Waals surface area contributed by atoms with Crippen LogP contribution >= 0.6 is 0 Å². The summed E-state index contributed by atoms with van der Waals surface area (Å²) >= 11 is 0. The van der Waals surface area contributed by atoms with Crippen LogP contribution in [0.3, 0.4) is 0 Å². The van der Waals surface area contributed by atoms with Crippen molar-refractivity contribution in [1.82, 2.24) is 25.3 Å². The summed E-state index contributed by atoms with van der Waals surface area (Å²) in [6.07, 6.45) is 0.107. The van der Waals surface area contributed by atoms with E-state index in [2.05, 4.69) is 20.6 Å². The van der Waals surface area contributed by atoms with Crippen molar-refractivity contribution in [1.29, 1.82) is 0 Å². The Kier molecular flexibility index (Phi) is 4.16. The van der Waals surface area contributed by atoms with E-state index in [1.165, 1.54) is 0 Å². The number of nitrogens with zero attached hydrogens (tertiary/aromatic N) is 3. The lowest BCUT2D eigenvalue weighted by Gasteiger charge is -2.07. The largest absolute Gasteiger partial charge is 0.352 e. The number of amides is 1. The third-order valence-corrected chi connectivity index (χ3v) is 4.22. The van der Waals surface area contributed by atoms with Crippen LogP contribution in [-0.4, -0.2) is 25.9 Å². The molecule has 3 rings (SSSR count). The van der Waals surface area contributed by atoms with E-state index in [0.29, 0.717) is 23.0 Å². The van der Waals surface area contributed by atoms with Gasteiger partial charge in [0.15, 0.2) is 0 Å². The number of fused-ring (bicyclic) bond motifs is 1. The Balaban J connectivity index is 1.76. The Morgan fingerprint density at radius 2 is 1.96 bits per heavy atom. The van der Waals surface area contributed by atoms with E-state index < -0.39 is 0 Å². The SMILES string of the molecule is Cc1nn(C)c(C)c1CNC(=O)Cc1n[nH]c(=O)c2ccccc12. The Labute approximate surface area is 138 Å². The second-order valence-corrected chi connectivity index (χ2v) is 5.77. The molecule has 24 heavy (non-hydrogen) atoms. The molecule has 1 aromatic carbocycles. The molecule has 0 aliphatic carbocycles. The van der Waals surface area contributed by atoms with Crippen molar-refractivity contribution in [2.75, 3.05) is 0 Å². The summed E-state index contributed by atoms with van der Waals surface area (Å²) in [5.41, 5.74) is 3.26. The molecule has 2 N–H and O–H groups in total. The highest BCUT2D eigenvalue weighted by atomic mass is 16.1. The minimum Gasteiger partial charge on any atom is -0.352 e. The molecule has 0 saturated carbocycles. The van der Waals surface area contributed by atoms with Gasteiger partial charge in [0.2, 0.25) is 5.91 Å². The van der Waals surface area contributed by atoms with Gasteiger partial charge in [0.25, 0.3) is 5.56 Å². The van der Waals surface area contributed by atoms with Gasteiger partial charge in [-0.05, 0) is 19.9 Å². The summed E-state index contributed by atoms with van der Waals surface area (Å²) in [5, 5.41) is 14.9. The Morgan fingerprint density at radius 3 is 2.62 bits per heavy atom. The van der Waals surface area contributed by atoms with Crippen LogP contribution in [-0.2, 0) is 24.8 Å². The summed E-state index contributed by atoms with van der Waals surface area (Å²) in [6, 6.07) is 7.14. The molecule has 0 aliphatic heterocycles. The molecule has 2 heterocycles. The fourth-order valence-corrected chi connectivity index (χ4v) is 2.78. The number of aryl methyl sites for hydroxylation is 2. The first kappa shape index (κ1) is 15.9. The molecule has 0 radical (unpaired) electrons. The molecule has 0 aliphatic rings. The van der Waals surface area contributed by atoms with Crippen molar-refractivity contribution in [2.24, 2.45) is 7.05 Å². The van der Waals surface area contributed by atoms with Gasteiger partial charge in [0.05, 0.1) is 23.2 Å². The number of nitrogens with one attached hydrogen (secondary N) is 2. The van der Waals surface area contributed by atoms with Gasteiger partial charge in [-0.3, -0.25) is 14.3 Å². The third kappa shape index (κ3) is 2.92. The lowest BCUT2D eigenvalue weighted by Crippen LogP contribution is -2.26. The molecular weight excluding hydrogens is 306 g/mol. The maximum Gasteiger partial charge on any atom is 0.272 e. The first-order chi connectivity index (χ1) is 11.5. The standard InChI is InChI=1S/C17H19N5O2/c1-10-14(11(2)22(3)21-10)9-18-16(23)8-15-12-6-4-5-7-13(12)17(24)20-19-15/h4-7H,8-9H2,1-3H3,(H,18,23)(H,20,24). The van der Waals surface area contributed by atoms with Gasteiger partial charge in [-0.25, -0.2) is 5.10 Å². The molecule has 0 spiro atoms. The smallest absolute Gasteiger partial charge is 0.272 e. The maximum absolute atomic E-state index is 12.3. The fraction of sp³-hybridized carbons (Fsp3) is 0.294. The van der Waals surface area contributed by atoms with E-state index in [1.807, 2.05) is 27.0 Å². The average molecular weight is 325 g/mol. The normalized spacial score (nSPS) is 11.0. The topological polar surface area (TPSA) is 92.7 Å². The van der Waals surface area contributed by atoms with E-state index in [9.17, 15) is 9.59 Å². The number of benzene rings is 1. The Hall–Kier alpha value is -2.96. The van der Waals surface area contributed by atoms with Gasteiger partial charge in [-0.1, -0.05) is 18.2 Å². The van der Waals surface area contributed by atoms with Crippen LogP contribution in [0.5, 0.6) is 0 Å². The number of hydrogen-bond donors (Lipinski definition) is 2. The van der Waals surface area contributed by atoms with E-state index in [0.717, 1.165) is 17.0 Å². The number of aromatic nitrogens is 4. The monoisotopic (exact) mass is 325 g/mol. The van der Waals surface area contributed by atoms with Crippen LogP contribution in [0, 0.1) is 13.8 Å². The summed E-state index contributed by atoms with van der Waals surface area (Å²) < 4.78 is 1.80. The van der Waals surface area contributed by atoms with Gasteiger partial charge in [0, 0.05) is 30.2 Å². The molecule has 7 heteroatoms. The van der Waals surface area contributed by atoms with E-state index >= 15 is 0 Å². The van der Waals surface area contributed by atoms with Crippen molar-refractivity contribution in [2.45, 2.75) is 26.8 Å². The first-order valence-corrected chi connectivity index (χ1v) is 7.69. The van der Waals surface area contributed by atoms with Crippen LogP contribution in [0.2, 0.25) is 0 Å². The lowest BCUT2D eigenvalue weighted by molar-refractivity contribution is -0.120. The van der Waals surface area contributed by atoms with Gasteiger partial charge in [0.1, 0.15) is 0 Å². The predicted octanol–water partition coefficient (Wildman–Crippen LogP) is 1.13. The third-order valence-electron chi connectivity index (χ3n) is 4.22. The number of hydrogen-bond acceptors (Lipinski definition) is 4. The van der Waals surface area contributed by atoms with Crippen molar-refractivity contribution in [3.05, 3.63) is 57.3 Å². The number of aromatic amines is 1. The predicted molar refractivity (Wildman–Crippen MR) is 90.6 cm³/mol. The number of carbonyl (C=O) groups excluding carboxylic acids is 1. The van der Waals surface area contributed by atoms with Crippen molar-refractivity contribution in [3.8, 4) is 0 Å². The molecule has 0 atom stereocenters. The second-order valence-electron chi connectivity index (χ2n) is 5.77. The zero-order valence-electron chi connectivity index (χ0n) is 13.9. The van der Waals surface area contributed by atoms with Crippen LogP contribution in [0.25, 0.3) is 10.8 Å². The van der Waals surface area contributed by atoms with Crippen LogP contribution in [0.1, 0.15) is 22.6 Å². The van der Waals surface area contributed by atoms with E-state index in [4.69, 9.17) is 0 Å². The molecule has 3 aromatic rings. The molecular formula is C17H19N5O2. The van der Waals surface area contributed by atoms with Crippen LogP contribution in [0.4, 0.5) is 0 Å². The molecule has 124 valence electrons. The summed E-state index contributed by atoms with van der Waals surface area (Å²) in [4.78, 5) is 24.1. The fourth-order valence-electron chi connectivity index (χ4n) is 2.78. The molecule has 7 nitrogen and oxygen atoms in total. The number of carbonyl (C=O) groups is 1. The van der Waals surface area contributed by atoms with E-state index in [1.54, 1.807) is 22.9 Å². The van der Waals surface area contributed by atoms with Crippen molar-refractivity contribution >= 4 is 16.7 Å². The van der Waals surface area contributed by atoms with Gasteiger partial charge >= 0.3 is 0 Å². The minimum atomic E-state index is -0.253. The molecule has 0 fully saturated rings. The Bertz CT molecular complexity index is 971. The van der Waals surface area contributed by atoms with Gasteiger partial charge < -0.3 is 5.32 Å². The molecule has 2 aromatic heterocycles. The highest BCUT2D eigenvalue weighted by molar-refractivity contribution is 5.88. The van der Waals surface area contributed by atoms with Gasteiger partial charge in [-0.2, -0.15) is 10.2 Å². The van der Waals surface area contributed by atoms with Crippen LogP contribution < -0.4 is 10.9 Å². The molecule has 0 unspecified atom stereocenters. The number of H-pyrrole nitrogens is 1. The Morgan fingerprint density at radius 1 is 1.25 bits per heavy atom. The zero-order valence-corrected chi connectivity index (χ0v) is 13.9. The average Bonchev–Trinajstić information content (AvgIpc) is 2.81. The minimum absolute atomic E-state index is 0.107. The van der Waals surface area contributed by atoms with Crippen molar-refractivity contribution < 1.29 is 4.79 Å². The highest BCUT2D eigenvalue weighted by Crippen LogP contribution is 2.14. The van der Waals surface area contributed by atoms with Gasteiger partial charge in [-0.15, -0.1) is 0 Å². The molecule has 0 saturated heterocycles.